The molecular weight excluding hydrogens is 415 g/mol. The molecule has 2 aliphatic rings. The molecule has 1 fully saturated rings. The summed E-state index contributed by atoms with van der Waals surface area (Å²) in [5, 5.41) is 3.26. The summed E-state index contributed by atoms with van der Waals surface area (Å²) in [7, 11) is 0. The van der Waals surface area contributed by atoms with Crippen LogP contribution in [0, 0.1) is 11.6 Å². The molecule has 2 aromatic rings. The van der Waals surface area contributed by atoms with Crippen LogP contribution in [0.3, 0.4) is 0 Å². The molecule has 31 heavy (non-hydrogen) atoms. The van der Waals surface area contributed by atoms with Crippen LogP contribution in [0.2, 0.25) is 0 Å². The van der Waals surface area contributed by atoms with Gasteiger partial charge in [-0.05, 0) is 74.3 Å². The van der Waals surface area contributed by atoms with Crippen LogP contribution in [0.15, 0.2) is 49.1 Å². The molecule has 1 N–H and O–H groups in total. The number of piperidine rings is 1. The molecule has 4 rings (SSSR count). The molecule has 2 aromatic carbocycles. The maximum Gasteiger partial charge on any atom is 0.419 e. The molecule has 1 spiro atoms. The van der Waals surface area contributed by atoms with Gasteiger partial charge in [0.1, 0.15) is 11.6 Å². The summed E-state index contributed by atoms with van der Waals surface area (Å²) in [5.41, 5.74) is -1.16. The quantitative estimate of drug-likeness (QED) is 0.529. The average Bonchev–Trinajstić information content (AvgIpc) is 2.97. The van der Waals surface area contributed by atoms with E-state index in [1.54, 1.807) is 6.08 Å². The molecule has 0 aromatic heterocycles. The van der Waals surface area contributed by atoms with Gasteiger partial charge in [-0.25, -0.2) is 8.78 Å². The summed E-state index contributed by atoms with van der Waals surface area (Å²) in [6.07, 6.45) is -1.60. The van der Waals surface area contributed by atoms with E-state index in [4.69, 9.17) is 0 Å². The van der Waals surface area contributed by atoms with Crippen LogP contribution in [0.5, 0.6) is 0 Å². The molecular formula is C23H21F5N2O. The number of carbonyl (C=O) groups is 1. The van der Waals surface area contributed by atoms with Gasteiger partial charge in [-0.1, -0.05) is 6.08 Å². The highest BCUT2D eigenvalue weighted by Crippen LogP contribution is 2.52. The van der Waals surface area contributed by atoms with Gasteiger partial charge in [0.15, 0.2) is 0 Å². The molecule has 0 unspecified atom stereocenters. The smallest absolute Gasteiger partial charge is 0.317 e. The average molecular weight is 436 g/mol. The van der Waals surface area contributed by atoms with Crippen molar-refractivity contribution in [2.24, 2.45) is 0 Å². The van der Waals surface area contributed by atoms with Crippen molar-refractivity contribution in [1.29, 1.82) is 0 Å². The molecule has 1 saturated heterocycles. The first-order chi connectivity index (χ1) is 14.7. The Hall–Kier alpha value is -2.74. The number of hydrogen-bond donors (Lipinski definition) is 1. The van der Waals surface area contributed by atoms with Crippen molar-refractivity contribution >= 4 is 11.6 Å². The molecule has 0 aliphatic carbocycles. The summed E-state index contributed by atoms with van der Waals surface area (Å²) < 4.78 is 67.6. The van der Waals surface area contributed by atoms with Gasteiger partial charge in [0, 0.05) is 16.7 Å². The Kier molecular flexibility index (Phi) is 5.37. The van der Waals surface area contributed by atoms with Crippen molar-refractivity contribution in [2.75, 3.05) is 18.0 Å². The van der Waals surface area contributed by atoms with E-state index in [9.17, 15) is 26.7 Å². The number of amides is 1. The largest absolute Gasteiger partial charge is 0.419 e. The Balaban J connectivity index is 1.85. The van der Waals surface area contributed by atoms with Crippen LogP contribution in [0.1, 0.15) is 40.7 Å². The number of alkyl halides is 3. The van der Waals surface area contributed by atoms with Crippen molar-refractivity contribution in [2.45, 2.75) is 36.9 Å². The SMILES string of the molecule is C=CC[C@H]1N(C(=O)c2ccc(F)c(C(F)(F)F)c2)c2ccc(F)cc2C12CCNCC2. The molecule has 3 nitrogen and oxygen atoms in total. The van der Waals surface area contributed by atoms with Crippen LogP contribution >= 0.6 is 0 Å². The number of halogens is 5. The maximum absolute atomic E-state index is 14.2. The summed E-state index contributed by atoms with van der Waals surface area (Å²) >= 11 is 0. The highest BCUT2D eigenvalue weighted by Gasteiger charge is 2.52. The predicted octanol–water partition coefficient (Wildman–Crippen LogP) is 5.21. The number of nitrogens with zero attached hydrogens (tertiary/aromatic N) is 1. The Bertz CT molecular complexity index is 1030. The van der Waals surface area contributed by atoms with Crippen molar-refractivity contribution in [3.63, 3.8) is 0 Å². The molecule has 0 radical (unpaired) electrons. The zero-order valence-electron chi connectivity index (χ0n) is 16.6. The Morgan fingerprint density at radius 3 is 2.52 bits per heavy atom. The van der Waals surface area contributed by atoms with Crippen LogP contribution < -0.4 is 10.2 Å². The predicted molar refractivity (Wildman–Crippen MR) is 107 cm³/mol. The lowest BCUT2D eigenvalue weighted by Crippen LogP contribution is -2.51. The number of carbonyl (C=O) groups excluding carboxylic acids is 1. The maximum atomic E-state index is 14.2. The lowest BCUT2D eigenvalue weighted by molar-refractivity contribution is -0.140. The van der Waals surface area contributed by atoms with Crippen LogP contribution in [-0.4, -0.2) is 25.0 Å². The number of fused-ring (bicyclic) bond motifs is 2. The third-order valence-electron chi connectivity index (χ3n) is 6.33. The molecule has 0 saturated carbocycles. The minimum absolute atomic E-state index is 0.274. The van der Waals surface area contributed by atoms with E-state index < -0.39 is 40.7 Å². The monoisotopic (exact) mass is 436 g/mol. The van der Waals surface area contributed by atoms with Crippen molar-refractivity contribution in [3.05, 3.63) is 77.4 Å². The zero-order chi connectivity index (χ0) is 22.4. The Labute approximate surface area is 176 Å². The molecule has 0 bridgehead atoms. The minimum atomic E-state index is -4.93. The Morgan fingerprint density at radius 1 is 1.16 bits per heavy atom. The van der Waals surface area contributed by atoms with Gasteiger partial charge in [0.2, 0.25) is 0 Å². The minimum Gasteiger partial charge on any atom is -0.317 e. The highest BCUT2D eigenvalue weighted by molar-refractivity contribution is 6.08. The van der Waals surface area contributed by atoms with Crippen molar-refractivity contribution in [1.82, 2.24) is 5.32 Å². The van der Waals surface area contributed by atoms with Gasteiger partial charge in [-0.15, -0.1) is 6.58 Å². The summed E-state index contributed by atoms with van der Waals surface area (Å²) in [6, 6.07) is 5.94. The van der Waals surface area contributed by atoms with Gasteiger partial charge in [0.25, 0.3) is 5.91 Å². The number of hydrogen-bond acceptors (Lipinski definition) is 2. The van der Waals surface area contributed by atoms with Crippen LogP contribution in [0.25, 0.3) is 0 Å². The third-order valence-corrected chi connectivity index (χ3v) is 6.33. The van der Waals surface area contributed by atoms with E-state index in [1.165, 1.54) is 23.1 Å². The van der Waals surface area contributed by atoms with Crippen molar-refractivity contribution in [3.8, 4) is 0 Å². The summed E-state index contributed by atoms with van der Waals surface area (Å²) in [6.45, 7) is 5.12. The fraction of sp³-hybridized carbons (Fsp3) is 0.348. The molecule has 8 heteroatoms. The van der Waals surface area contributed by atoms with E-state index >= 15 is 0 Å². The number of benzene rings is 2. The first kappa shape index (κ1) is 21.5. The van der Waals surface area contributed by atoms with Gasteiger partial charge in [-0.3, -0.25) is 4.79 Å². The highest BCUT2D eigenvalue weighted by atomic mass is 19.4. The fourth-order valence-corrected chi connectivity index (χ4v) is 4.94. The van der Waals surface area contributed by atoms with Crippen molar-refractivity contribution < 1.29 is 26.7 Å². The van der Waals surface area contributed by atoms with E-state index in [0.29, 0.717) is 55.7 Å². The zero-order valence-corrected chi connectivity index (χ0v) is 16.6. The van der Waals surface area contributed by atoms with E-state index in [2.05, 4.69) is 11.9 Å². The molecule has 2 heterocycles. The van der Waals surface area contributed by atoms with Gasteiger partial charge in [0.05, 0.1) is 11.6 Å². The second kappa shape index (κ2) is 7.75. The Morgan fingerprint density at radius 2 is 1.87 bits per heavy atom. The number of nitrogens with one attached hydrogen (secondary N) is 1. The van der Waals surface area contributed by atoms with E-state index in [0.717, 1.165) is 6.07 Å². The van der Waals surface area contributed by atoms with Gasteiger partial charge >= 0.3 is 6.18 Å². The summed E-state index contributed by atoms with van der Waals surface area (Å²) in [4.78, 5) is 14.9. The van der Waals surface area contributed by atoms with Crippen LogP contribution in [-0.2, 0) is 11.6 Å². The lowest BCUT2D eigenvalue weighted by Gasteiger charge is -2.41. The topological polar surface area (TPSA) is 32.3 Å². The van der Waals surface area contributed by atoms with Crippen LogP contribution in [0.4, 0.5) is 27.6 Å². The van der Waals surface area contributed by atoms with E-state index in [1.807, 2.05) is 0 Å². The lowest BCUT2D eigenvalue weighted by atomic mass is 9.69. The molecule has 1 atom stereocenters. The number of rotatable bonds is 3. The van der Waals surface area contributed by atoms with Gasteiger partial charge in [-0.2, -0.15) is 13.2 Å². The standard InChI is InChI=1S/C23H21F5N2O/c1-2-3-20-22(8-10-29-11-9-22)17-13-15(24)5-7-19(17)30(20)21(31)14-4-6-18(25)16(12-14)23(26,27)28/h2,4-7,12-13,20,29H,1,3,8-11H2/t20-/m1/s1. The first-order valence-electron chi connectivity index (χ1n) is 10.0. The van der Waals surface area contributed by atoms with E-state index in [-0.39, 0.29) is 5.56 Å². The number of anilines is 1. The fourth-order valence-electron chi connectivity index (χ4n) is 4.94. The second-order valence-corrected chi connectivity index (χ2v) is 7.98. The van der Waals surface area contributed by atoms with Gasteiger partial charge < -0.3 is 10.2 Å². The normalized spacial score (nSPS) is 20.0. The second-order valence-electron chi connectivity index (χ2n) is 7.98. The molecule has 164 valence electrons. The summed E-state index contributed by atoms with van der Waals surface area (Å²) in [5.74, 6) is -2.56. The molecule has 2 aliphatic heterocycles. The first-order valence-corrected chi connectivity index (χ1v) is 10.0. The molecule has 1 amide bonds. The third kappa shape index (κ3) is 3.52.